The average molecular weight is 362 g/mol. The van der Waals surface area contributed by atoms with Gasteiger partial charge in [-0.2, -0.15) is 0 Å². The third-order valence-electron chi connectivity index (χ3n) is 1.68. The van der Waals surface area contributed by atoms with E-state index in [1.807, 2.05) is 29.5 Å². The Kier molecular flexibility index (Phi) is 4.03. The molecular weight excluding hydrogens is 355 g/mol. The van der Waals surface area contributed by atoms with Crippen LogP contribution >= 0.6 is 38.5 Å². The zero-order chi connectivity index (χ0) is 10.0. The number of hydrogen-bond donors (Lipinski definition) is 0. The first-order valence-corrected chi connectivity index (χ1v) is 5.76. The predicted octanol–water partition coefficient (Wildman–Crippen LogP) is 3.83. The van der Waals surface area contributed by atoms with E-state index in [1.165, 1.54) is 6.07 Å². The van der Waals surface area contributed by atoms with E-state index in [9.17, 15) is 8.78 Å². The maximum Gasteiger partial charge on any atom is 0.266 e. The summed E-state index contributed by atoms with van der Waals surface area (Å²) in [5, 5.41) is 0.558. The van der Waals surface area contributed by atoms with Crippen LogP contribution in [-0.4, -0.2) is 4.98 Å². The van der Waals surface area contributed by atoms with Crippen LogP contribution in [-0.2, 0) is 5.33 Å². The van der Waals surface area contributed by atoms with Gasteiger partial charge >= 0.3 is 0 Å². The lowest BCUT2D eigenvalue weighted by Crippen LogP contribution is -1.99. The van der Waals surface area contributed by atoms with Crippen molar-refractivity contribution in [1.29, 1.82) is 0 Å². The minimum Gasteiger partial charge on any atom is -0.246 e. The van der Waals surface area contributed by atoms with Crippen molar-refractivity contribution in [2.45, 2.75) is 18.7 Å². The topological polar surface area (TPSA) is 12.9 Å². The Hall–Kier alpha value is 0.220. The zero-order valence-corrected chi connectivity index (χ0v) is 10.6. The highest BCUT2D eigenvalue weighted by molar-refractivity contribution is 14.1. The molecule has 13 heavy (non-hydrogen) atoms. The molecule has 1 nitrogen and oxygen atoms in total. The Bertz CT molecular complexity index is 317. The number of aryl methyl sites for hydroxylation is 1. The second-order valence-electron chi connectivity index (χ2n) is 2.55. The molecule has 0 aliphatic heterocycles. The van der Waals surface area contributed by atoms with Gasteiger partial charge in [-0.3, -0.25) is 0 Å². The standard InChI is InChI=1S/C8H7BrF2IN/c1-4-5(3-9)2-6(7(10)11)8(12)13-4/h2,7H,3H2,1H3. The molecule has 5 heteroatoms. The van der Waals surface area contributed by atoms with Gasteiger partial charge in [-0.25, -0.2) is 13.8 Å². The fourth-order valence-corrected chi connectivity index (χ4v) is 2.24. The summed E-state index contributed by atoms with van der Waals surface area (Å²) >= 11 is 5.06. The highest BCUT2D eigenvalue weighted by atomic mass is 127. The highest BCUT2D eigenvalue weighted by Gasteiger charge is 2.14. The predicted molar refractivity (Wildman–Crippen MR) is 59.3 cm³/mol. The van der Waals surface area contributed by atoms with Gasteiger partial charge < -0.3 is 0 Å². The summed E-state index contributed by atoms with van der Waals surface area (Å²) in [7, 11) is 0. The number of hydrogen-bond acceptors (Lipinski definition) is 1. The molecule has 0 amide bonds. The zero-order valence-electron chi connectivity index (χ0n) is 6.82. The van der Waals surface area contributed by atoms with E-state index in [2.05, 4.69) is 20.9 Å². The van der Waals surface area contributed by atoms with Gasteiger partial charge in [0.1, 0.15) is 3.70 Å². The normalized spacial score (nSPS) is 10.9. The lowest BCUT2D eigenvalue weighted by atomic mass is 10.2. The van der Waals surface area contributed by atoms with Crippen LogP contribution in [0.2, 0.25) is 0 Å². The van der Waals surface area contributed by atoms with Crippen molar-refractivity contribution in [2.24, 2.45) is 0 Å². The van der Waals surface area contributed by atoms with Crippen molar-refractivity contribution in [1.82, 2.24) is 4.98 Å². The summed E-state index contributed by atoms with van der Waals surface area (Å²) in [5.41, 5.74) is 1.63. The molecular formula is C8H7BrF2IN. The van der Waals surface area contributed by atoms with Crippen LogP contribution in [0.3, 0.4) is 0 Å². The van der Waals surface area contributed by atoms with Gasteiger partial charge in [0.2, 0.25) is 0 Å². The van der Waals surface area contributed by atoms with E-state index in [0.717, 1.165) is 11.3 Å². The molecule has 0 spiro atoms. The first-order valence-electron chi connectivity index (χ1n) is 3.56. The molecule has 0 aliphatic carbocycles. The minimum atomic E-state index is -2.45. The number of aromatic nitrogens is 1. The van der Waals surface area contributed by atoms with Gasteiger partial charge in [0, 0.05) is 16.6 Å². The Balaban J connectivity index is 3.22. The van der Waals surface area contributed by atoms with Crippen LogP contribution in [0.1, 0.15) is 23.2 Å². The van der Waals surface area contributed by atoms with Crippen LogP contribution in [0.25, 0.3) is 0 Å². The summed E-state index contributed by atoms with van der Waals surface area (Å²) < 4.78 is 25.2. The second kappa shape index (κ2) is 4.63. The van der Waals surface area contributed by atoms with Crippen LogP contribution < -0.4 is 0 Å². The molecule has 72 valence electrons. The van der Waals surface area contributed by atoms with Crippen LogP contribution in [0.5, 0.6) is 0 Å². The van der Waals surface area contributed by atoms with Crippen LogP contribution in [0.4, 0.5) is 8.78 Å². The molecule has 0 saturated carbocycles. The molecule has 0 radical (unpaired) electrons. The van der Waals surface area contributed by atoms with Crippen LogP contribution in [0.15, 0.2) is 6.07 Å². The fourth-order valence-electron chi connectivity index (χ4n) is 0.924. The second-order valence-corrected chi connectivity index (χ2v) is 4.13. The Morgan fingerprint density at radius 2 is 2.23 bits per heavy atom. The number of halogens is 4. The summed E-state index contributed by atoms with van der Waals surface area (Å²) in [4.78, 5) is 4.04. The lowest BCUT2D eigenvalue weighted by molar-refractivity contribution is 0.149. The Labute approximate surface area is 97.2 Å². The van der Waals surface area contributed by atoms with Gasteiger partial charge in [-0.1, -0.05) is 15.9 Å². The number of rotatable bonds is 2. The summed E-state index contributed by atoms with van der Waals surface area (Å²) in [6.07, 6.45) is -2.45. The monoisotopic (exact) mass is 361 g/mol. The van der Waals surface area contributed by atoms with E-state index in [1.54, 1.807) is 0 Å². The SMILES string of the molecule is Cc1nc(I)c(C(F)F)cc1CBr. The Morgan fingerprint density at radius 3 is 2.69 bits per heavy atom. The molecule has 0 bridgehead atoms. The molecule has 0 aromatic carbocycles. The van der Waals surface area contributed by atoms with Gasteiger partial charge in [0.05, 0.1) is 0 Å². The lowest BCUT2D eigenvalue weighted by Gasteiger charge is -2.07. The smallest absolute Gasteiger partial charge is 0.246 e. The van der Waals surface area contributed by atoms with E-state index in [4.69, 9.17) is 0 Å². The summed E-state index contributed by atoms with van der Waals surface area (Å²) in [6.45, 7) is 1.81. The molecule has 0 aliphatic rings. The van der Waals surface area contributed by atoms with Crippen LogP contribution in [0, 0.1) is 10.6 Å². The third kappa shape index (κ3) is 2.59. The van der Waals surface area contributed by atoms with E-state index in [-0.39, 0.29) is 5.56 Å². The molecule has 0 unspecified atom stereocenters. The maximum absolute atomic E-state index is 12.4. The summed E-state index contributed by atoms with van der Waals surface area (Å²) in [6, 6.07) is 1.50. The van der Waals surface area contributed by atoms with Crippen molar-refractivity contribution in [3.8, 4) is 0 Å². The van der Waals surface area contributed by atoms with E-state index < -0.39 is 6.43 Å². The Morgan fingerprint density at radius 1 is 1.62 bits per heavy atom. The van der Waals surface area contributed by atoms with Crippen molar-refractivity contribution in [2.75, 3.05) is 0 Å². The molecule has 0 N–H and O–H groups in total. The van der Waals surface area contributed by atoms with Crippen molar-refractivity contribution in [3.05, 3.63) is 26.6 Å². The van der Waals surface area contributed by atoms with Crippen molar-refractivity contribution in [3.63, 3.8) is 0 Å². The van der Waals surface area contributed by atoms with Gasteiger partial charge in [0.15, 0.2) is 0 Å². The molecule has 1 aromatic heterocycles. The van der Waals surface area contributed by atoms with E-state index >= 15 is 0 Å². The van der Waals surface area contributed by atoms with Crippen molar-refractivity contribution < 1.29 is 8.78 Å². The van der Waals surface area contributed by atoms with Gasteiger partial charge in [0.25, 0.3) is 6.43 Å². The first kappa shape index (κ1) is 11.3. The molecule has 0 fully saturated rings. The third-order valence-corrected chi connectivity index (χ3v) is 3.15. The largest absolute Gasteiger partial charge is 0.266 e. The number of pyridine rings is 1. The van der Waals surface area contributed by atoms with Crippen molar-refractivity contribution >= 4 is 38.5 Å². The average Bonchev–Trinajstić information content (AvgIpc) is 2.03. The van der Waals surface area contributed by atoms with E-state index in [0.29, 0.717) is 9.03 Å². The summed E-state index contributed by atoms with van der Waals surface area (Å²) in [5.74, 6) is 0. The molecule has 0 atom stereocenters. The molecule has 1 rings (SSSR count). The van der Waals surface area contributed by atoms with Gasteiger partial charge in [-0.15, -0.1) is 0 Å². The quantitative estimate of drug-likeness (QED) is 0.443. The number of nitrogens with zero attached hydrogens (tertiary/aromatic N) is 1. The molecule has 0 saturated heterocycles. The maximum atomic E-state index is 12.4. The number of alkyl halides is 3. The fraction of sp³-hybridized carbons (Fsp3) is 0.375. The molecule has 1 aromatic rings. The minimum absolute atomic E-state index is 0.0145. The molecule has 1 heterocycles. The highest BCUT2D eigenvalue weighted by Crippen LogP contribution is 2.25. The first-order chi connectivity index (χ1) is 6.06. The van der Waals surface area contributed by atoms with Gasteiger partial charge in [-0.05, 0) is 41.1 Å².